The molecule has 0 spiro atoms. The summed E-state index contributed by atoms with van der Waals surface area (Å²) in [6.45, 7) is 5.37. The molecule has 14 heavy (non-hydrogen) atoms. The topological polar surface area (TPSA) is 55.4 Å². The second-order valence-electron chi connectivity index (χ2n) is 4.03. The third-order valence-corrected chi connectivity index (χ3v) is 4.26. The second-order valence-corrected chi connectivity index (χ2v) is 6.35. The van der Waals surface area contributed by atoms with E-state index in [1.807, 2.05) is 0 Å². The lowest BCUT2D eigenvalue weighted by atomic mass is 10.0. The van der Waals surface area contributed by atoms with Crippen molar-refractivity contribution in [3.8, 4) is 0 Å². The molecule has 0 aromatic heterocycles. The Balaban J connectivity index is 2.32. The van der Waals surface area contributed by atoms with E-state index in [-0.39, 0.29) is 5.25 Å². The van der Waals surface area contributed by atoms with Crippen molar-refractivity contribution in [1.82, 2.24) is 4.72 Å². The van der Waals surface area contributed by atoms with Crippen LogP contribution < -0.4 is 4.72 Å². The maximum atomic E-state index is 11.4. The summed E-state index contributed by atoms with van der Waals surface area (Å²) in [5.74, 6) is 0.345. The predicted octanol–water partition coefficient (Wildman–Crippen LogP) is 0.741. The van der Waals surface area contributed by atoms with Crippen LogP contribution in [-0.2, 0) is 14.8 Å². The van der Waals surface area contributed by atoms with Gasteiger partial charge in [-0.1, -0.05) is 0 Å². The van der Waals surface area contributed by atoms with E-state index < -0.39 is 10.0 Å². The van der Waals surface area contributed by atoms with Gasteiger partial charge in [-0.05, 0) is 32.6 Å². The van der Waals surface area contributed by atoms with Gasteiger partial charge in [-0.15, -0.1) is 0 Å². The zero-order chi connectivity index (χ0) is 10.6. The van der Waals surface area contributed by atoms with Crippen LogP contribution in [0.5, 0.6) is 0 Å². The van der Waals surface area contributed by atoms with Crippen molar-refractivity contribution in [3.63, 3.8) is 0 Å². The highest BCUT2D eigenvalue weighted by atomic mass is 32.2. The maximum absolute atomic E-state index is 11.4. The molecule has 1 aliphatic heterocycles. The Bertz CT molecular complexity index is 255. The molecule has 0 bridgehead atoms. The Morgan fingerprint density at radius 2 is 2.21 bits per heavy atom. The fraction of sp³-hybridized carbons (Fsp3) is 1.00. The van der Waals surface area contributed by atoms with Gasteiger partial charge >= 0.3 is 0 Å². The summed E-state index contributed by atoms with van der Waals surface area (Å²) in [5.41, 5.74) is 0. The summed E-state index contributed by atoms with van der Waals surface area (Å²) in [4.78, 5) is 0. The fourth-order valence-electron chi connectivity index (χ4n) is 1.37. The van der Waals surface area contributed by atoms with E-state index in [2.05, 4.69) is 4.72 Å². The second kappa shape index (κ2) is 5.09. The molecule has 4 nitrogen and oxygen atoms in total. The smallest absolute Gasteiger partial charge is 0.213 e. The largest absolute Gasteiger partial charge is 0.381 e. The first-order valence-electron chi connectivity index (χ1n) is 5.08. The number of ether oxygens (including phenoxy) is 1. The van der Waals surface area contributed by atoms with Gasteiger partial charge in [-0.25, -0.2) is 13.1 Å². The maximum Gasteiger partial charge on any atom is 0.213 e. The Morgan fingerprint density at radius 1 is 1.50 bits per heavy atom. The van der Waals surface area contributed by atoms with Crippen molar-refractivity contribution < 1.29 is 13.2 Å². The minimum Gasteiger partial charge on any atom is -0.381 e. The molecule has 0 aliphatic carbocycles. The van der Waals surface area contributed by atoms with Crippen LogP contribution >= 0.6 is 0 Å². The van der Waals surface area contributed by atoms with E-state index in [0.29, 0.717) is 19.1 Å². The average molecular weight is 221 g/mol. The molecule has 1 heterocycles. The molecule has 1 fully saturated rings. The van der Waals surface area contributed by atoms with Crippen LogP contribution in [0.15, 0.2) is 0 Å². The molecular formula is C9H19NO3S. The van der Waals surface area contributed by atoms with Crippen LogP contribution in [0.25, 0.3) is 0 Å². The van der Waals surface area contributed by atoms with Gasteiger partial charge < -0.3 is 4.74 Å². The van der Waals surface area contributed by atoms with E-state index in [1.54, 1.807) is 13.8 Å². The summed E-state index contributed by atoms with van der Waals surface area (Å²) >= 11 is 0. The van der Waals surface area contributed by atoms with E-state index in [9.17, 15) is 8.42 Å². The third kappa shape index (κ3) is 3.55. The van der Waals surface area contributed by atoms with Crippen LogP contribution in [0, 0.1) is 5.92 Å². The monoisotopic (exact) mass is 221 g/mol. The molecule has 1 aliphatic rings. The van der Waals surface area contributed by atoms with Gasteiger partial charge in [0.2, 0.25) is 10.0 Å². The summed E-state index contributed by atoms with van der Waals surface area (Å²) in [7, 11) is -3.10. The zero-order valence-electron chi connectivity index (χ0n) is 8.82. The molecule has 84 valence electrons. The van der Waals surface area contributed by atoms with Crippen molar-refractivity contribution in [3.05, 3.63) is 0 Å². The van der Waals surface area contributed by atoms with Gasteiger partial charge in [0.25, 0.3) is 0 Å². The van der Waals surface area contributed by atoms with E-state index in [4.69, 9.17) is 4.74 Å². The van der Waals surface area contributed by atoms with E-state index in [1.165, 1.54) is 0 Å². The molecule has 0 saturated carbocycles. The lowest BCUT2D eigenvalue weighted by Gasteiger charge is -2.22. The lowest BCUT2D eigenvalue weighted by molar-refractivity contribution is 0.0567. The highest BCUT2D eigenvalue weighted by Gasteiger charge is 2.19. The molecule has 1 atom stereocenters. The van der Waals surface area contributed by atoms with Gasteiger partial charge in [-0.2, -0.15) is 0 Å². The minimum atomic E-state index is -3.10. The Hall–Kier alpha value is -0.130. The molecule has 1 unspecified atom stereocenters. The first-order chi connectivity index (χ1) is 6.52. The quantitative estimate of drug-likeness (QED) is 0.762. The molecule has 1 N–H and O–H groups in total. The van der Waals surface area contributed by atoms with Crippen LogP contribution in [0.2, 0.25) is 0 Å². The molecule has 1 saturated heterocycles. The molecule has 5 heteroatoms. The SMILES string of the molecule is CC(C)S(=O)(=O)NCC1CCCOC1. The van der Waals surface area contributed by atoms with E-state index >= 15 is 0 Å². The fourth-order valence-corrected chi connectivity index (χ4v) is 2.17. The van der Waals surface area contributed by atoms with Crippen LogP contribution in [0.3, 0.4) is 0 Å². The Labute approximate surface area is 86.1 Å². The molecule has 0 aromatic carbocycles. The van der Waals surface area contributed by atoms with Crippen LogP contribution in [-0.4, -0.2) is 33.4 Å². The Morgan fingerprint density at radius 3 is 2.71 bits per heavy atom. The van der Waals surface area contributed by atoms with Gasteiger partial charge in [-0.3, -0.25) is 0 Å². The zero-order valence-corrected chi connectivity index (χ0v) is 9.64. The molecule has 0 radical (unpaired) electrons. The van der Waals surface area contributed by atoms with Crippen molar-refractivity contribution in [2.24, 2.45) is 5.92 Å². The number of sulfonamides is 1. The highest BCUT2D eigenvalue weighted by Crippen LogP contribution is 2.12. The molecule has 1 rings (SSSR count). The van der Waals surface area contributed by atoms with Crippen molar-refractivity contribution in [1.29, 1.82) is 0 Å². The summed E-state index contributed by atoms with van der Waals surface area (Å²) < 4.78 is 30.7. The predicted molar refractivity (Wildman–Crippen MR) is 55.6 cm³/mol. The van der Waals surface area contributed by atoms with Crippen LogP contribution in [0.1, 0.15) is 26.7 Å². The first kappa shape index (κ1) is 11.9. The summed E-state index contributed by atoms with van der Waals surface area (Å²) in [6, 6.07) is 0. The van der Waals surface area contributed by atoms with Gasteiger partial charge in [0.15, 0.2) is 0 Å². The van der Waals surface area contributed by atoms with Crippen LogP contribution in [0.4, 0.5) is 0 Å². The summed E-state index contributed by atoms with van der Waals surface area (Å²) in [6.07, 6.45) is 2.09. The number of hydrogen-bond acceptors (Lipinski definition) is 3. The standard InChI is InChI=1S/C9H19NO3S/c1-8(2)14(11,12)10-6-9-4-3-5-13-7-9/h8-10H,3-7H2,1-2H3. The highest BCUT2D eigenvalue weighted by molar-refractivity contribution is 7.90. The molecule has 0 aromatic rings. The number of hydrogen-bond donors (Lipinski definition) is 1. The molecule has 0 amide bonds. The Kier molecular flexibility index (Phi) is 4.34. The van der Waals surface area contributed by atoms with Crippen molar-refractivity contribution in [2.45, 2.75) is 31.9 Å². The van der Waals surface area contributed by atoms with Crippen molar-refractivity contribution >= 4 is 10.0 Å². The minimum absolute atomic E-state index is 0.345. The number of rotatable bonds is 4. The molecular weight excluding hydrogens is 202 g/mol. The van der Waals surface area contributed by atoms with Gasteiger partial charge in [0.05, 0.1) is 11.9 Å². The van der Waals surface area contributed by atoms with Crippen molar-refractivity contribution in [2.75, 3.05) is 19.8 Å². The number of nitrogens with one attached hydrogen (secondary N) is 1. The average Bonchev–Trinajstić information content (AvgIpc) is 2.16. The van der Waals surface area contributed by atoms with E-state index in [0.717, 1.165) is 19.4 Å². The normalized spacial score (nSPS) is 24.1. The third-order valence-electron chi connectivity index (χ3n) is 2.45. The summed E-state index contributed by atoms with van der Waals surface area (Å²) in [5, 5.41) is -0.355. The first-order valence-corrected chi connectivity index (χ1v) is 6.63. The lowest BCUT2D eigenvalue weighted by Crippen LogP contribution is -2.36. The van der Waals surface area contributed by atoms with Gasteiger partial charge in [0, 0.05) is 13.2 Å². The van der Waals surface area contributed by atoms with Gasteiger partial charge in [0.1, 0.15) is 0 Å².